The van der Waals surface area contributed by atoms with Crippen LogP contribution in [0, 0.1) is 0 Å². The fourth-order valence-electron chi connectivity index (χ4n) is 4.01. The lowest BCUT2D eigenvalue weighted by Gasteiger charge is -2.35. The number of rotatable bonds is 5. The molecule has 2 aliphatic rings. The van der Waals surface area contributed by atoms with Gasteiger partial charge in [-0.2, -0.15) is 0 Å². The van der Waals surface area contributed by atoms with Crippen LogP contribution < -0.4 is 9.64 Å². The number of piperazine rings is 1. The summed E-state index contributed by atoms with van der Waals surface area (Å²) in [5.41, 5.74) is 0. The fourth-order valence-corrected chi connectivity index (χ4v) is 5.20. The molecule has 1 amide bonds. The Morgan fingerprint density at radius 2 is 1.79 bits per heavy atom. The summed E-state index contributed by atoms with van der Waals surface area (Å²) in [6.07, 6.45) is 5.90. The van der Waals surface area contributed by atoms with Gasteiger partial charge >= 0.3 is 0 Å². The first-order valence-electron chi connectivity index (χ1n) is 10.4. The van der Waals surface area contributed by atoms with Gasteiger partial charge in [0.05, 0.1) is 0 Å². The second-order valence-corrected chi connectivity index (χ2v) is 9.21. The molecule has 0 spiro atoms. The summed E-state index contributed by atoms with van der Waals surface area (Å²) in [5, 5.41) is 11.7. The van der Waals surface area contributed by atoms with Gasteiger partial charge in [-0.1, -0.05) is 42.2 Å². The van der Waals surface area contributed by atoms with E-state index in [0.717, 1.165) is 18.2 Å². The van der Waals surface area contributed by atoms with Crippen LogP contribution in [0.15, 0.2) is 24.3 Å². The number of amides is 1. The molecule has 0 radical (unpaired) electrons. The second kappa shape index (κ2) is 9.30. The van der Waals surface area contributed by atoms with E-state index in [-0.39, 0.29) is 5.91 Å². The van der Waals surface area contributed by atoms with Crippen LogP contribution >= 0.6 is 22.9 Å². The summed E-state index contributed by atoms with van der Waals surface area (Å²) in [6, 6.07) is 7.08. The maximum Gasteiger partial charge on any atom is 0.263 e. The molecule has 2 fully saturated rings. The number of hydrogen-bond donors (Lipinski definition) is 0. The number of ether oxygens (including phenoxy) is 1. The van der Waals surface area contributed by atoms with E-state index < -0.39 is 6.10 Å². The number of benzene rings is 1. The van der Waals surface area contributed by atoms with Gasteiger partial charge in [0.25, 0.3) is 5.91 Å². The summed E-state index contributed by atoms with van der Waals surface area (Å²) >= 11 is 7.63. The average Bonchev–Trinajstić information content (AvgIpc) is 3.26. The van der Waals surface area contributed by atoms with Crippen molar-refractivity contribution in [3.8, 4) is 5.75 Å². The Kier molecular flexibility index (Phi) is 6.55. The highest BCUT2D eigenvalue weighted by Gasteiger charge is 2.28. The predicted octanol–water partition coefficient (Wildman–Crippen LogP) is 4.36. The molecule has 8 heteroatoms. The molecule has 1 aromatic carbocycles. The third kappa shape index (κ3) is 5.01. The first-order valence-corrected chi connectivity index (χ1v) is 11.6. The highest BCUT2D eigenvalue weighted by molar-refractivity contribution is 7.15. The van der Waals surface area contributed by atoms with Gasteiger partial charge in [-0.25, -0.2) is 0 Å². The Bertz CT molecular complexity index is 814. The molecule has 1 saturated carbocycles. The molecule has 0 bridgehead atoms. The first kappa shape index (κ1) is 20.4. The van der Waals surface area contributed by atoms with Crippen molar-refractivity contribution < 1.29 is 9.53 Å². The number of halogens is 1. The minimum atomic E-state index is -0.526. The van der Waals surface area contributed by atoms with Gasteiger partial charge in [-0.15, -0.1) is 10.2 Å². The molecule has 6 nitrogen and oxygen atoms in total. The lowest BCUT2D eigenvalue weighted by atomic mass is 9.90. The van der Waals surface area contributed by atoms with E-state index in [4.69, 9.17) is 16.3 Å². The Labute approximate surface area is 180 Å². The van der Waals surface area contributed by atoms with Crippen LogP contribution in [0.1, 0.15) is 50.0 Å². The SMILES string of the molecule is CC(Oc1ccc(Cl)cc1)C(=O)N1CCN(c2nnc(C3CCCCC3)s2)CC1. The minimum Gasteiger partial charge on any atom is -0.481 e. The molecule has 29 heavy (non-hydrogen) atoms. The average molecular weight is 435 g/mol. The van der Waals surface area contributed by atoms with E-state index in [1.165, 1.54) is 37.1 Å². The quantitative estimate of drug-likeness (QED) is 0.699. The van der Waals surface area contributed by atoms with Crippen LogP contribution in [-0.4, -0.2) is 53.3 Å². The number of carbonyl (C=O) groups is 1. The molecule has 156 valence electrons. The van der Waals surface area contributed by atoms with Crippen molar-refractivity contribution >= 4 is 34.0 Å². The Balaban J connectivity index is 1.29. The predicted molar refractivity (Wildman–Crippen MR) is 116 cm³/mol. The van der Waals surface area contributed by atoms with Crippen molar-refractivity contribution in [3.05, 3.63) is 34.3 Å². The maximum atomic E-state index is 12.8. The van der Waals surface area contributed by atoms with Gasteiger partial charge in [0.2, 0.25) is 5.13 Å². The van der Waals surface area contributed by atoms with Crippen molar-refractivity contribution in [2.45, 2.75) is 51.0 Å². The number of anilines is 1. The molecule has 2 heterocycles. The van der Waals surface area contributed by atoms with Crippen molar-refractivity contribution in [3.63, 3.8) is 0 Å². The lowest BCUT2D eigenvalue weighted by Crippen LogP contribution is -2.52. The van der Waals surface area contributed by atoms with E-state index in [9.17, 15) is 4.79 Å². The monoisotopic (exact) mass is 434 g/mol. The number of aromatic nitrogens is 2. The van der Waals surface area contributed by atoms with Crippen LogP contribution in [0.3, 0.4) is 0 Å². The van der Waals surface area contributed by atoms with Crippen molar-refractivity contribution in [2.24, 2.45) is 0 Å². The molecule has 1 aliphatic carbocycles. The van der Waals surface area contributed by atoms with E-state index in [2.05, 4.69) is 15.1 Å². The second-order valence-electron chi connectivity index (χ2n) is 7.78. The lowest BCUT2D eigenvalue weighted by molar-refractivity contribution is -0.138. The summed E-state index contributed by atoms with van der Waals surface area (Å²) in [4.78, 5) is 16.9. The molecule has 1 saturated heterocycles. The summed E-state index contributed by atoms with van der Waals surface area (Å²) in [7, 11) is 0. The summed E-state index contributed by atoms with van der Waals surface area (Å²) in [6.45, 7) is 4.69. The Morgan fingerprint density at radius 1 is 1.10 bits per heavy atom. The largest absolute Gasteiger partial charge is 0.481 e. The Morgan fingerprint density at radius 3 is 2.48 bits per heavy atom. The normalized spacial score (nSPS) is 19.2. The van der Waals surface area contributed by atoms with Crippen molar-refractivity contribution in [1.82, 2.24) is 15.1 Å². The van der Waals surface area contributed by atoms with E-state index in [0.29, 0.717) is 29.8 Å². The van der Waals surface area contributed by atoms with Crippen LogP contribution in [0.25, 0.3) is 0 Å². The first-order chi connectivity index (χ1) is 14.1. The Hall–Kier alpha value is -1.86. The zero-order valence-corrected chi connectivity index (χ0v) is 18.3. The van der Waals surface area contributed by atoms with Gasteiger partial charge in [0.15, 0.2) is 6.10 Å². The van der Waals surface area contributed by atoms with E-state index >= 15 is 0 Å². The van der Waals surface area contributed by atoms with Gasteiger partial charge < -0.3 is 14.5 Å². The smallest absolute Gasteiger partial charge is 0.263 e. The minimum absolute atomic E-state index is 0.0137. The highest BCUT2D eigenvalue weighted by atomic mass is 35.5. The molecule has 1 aliphatic heterocycles. The van der Waals surface area contributed by atoms with Crippen LogP contribution in [0.2, 0.25) is 5.02 Å². The molecule has 1 unspecified atom stereocenters. The fraction of sp³-hybridized carbons (Fsp3) is 0.571. The van der Waals surface area contributed by atoms with Crippen LogP contribution in [0.5, 0.6) is 5.75 Å². The van der Waals surface area contributed by atoms with Crippen molar-refractivity contribution in [1.29, 1.82) is 0 Å². The third-order valence-corrected chi connectivity index (χ3v) is 7.12. The highest BCUT2D eigenvalue weighted by Crippen LogP contribution is 2.36. The van der Waals surface area contributed by atoms with Crippen LogP contribution in [0.4, 0.5) is 5.13 Å². The van der Waals surface area contributed by atoms with E-state index in [1.54, 1.807) is 42.5 Å². The van der Waals surface area contributed by atoms with Gasteiger partial charge in [-0.3, -0.25) is 4.79 Å². The van der Waals surface area contributed by atoms with Gasteiger partial charge in [0.1, 0.15) is 10.8 Å². The molecule has 2 aromatic rings. The number of nitrogens with zero attached hydrogens (tertiary/aromatic N) is 4. The van der Waals surface area contributed by atoms with E-state index in [1.807, 2.05) is 4.90 Å². The van der Waals surface area contributed by atoms with Crippen LogP contribution in [-0.2, 0) is 4.79 Å². The number of carbonyl (C=O) groups excluding carboxylic acids is 1. The molecule has 1 atom stereocenters. The topological polar surface area (TPSA) is 58.6 Å². The zero-order valence-electron chi connectivity index (χ0n) is 16.7. The molecule has 4 rings (SSSR count). The number of hydrogen-bond acceptors (Lipinski definition) is 6. The molecular formula is C21H27ClN4O2S. The standard InChI is InChI=1S/C21H27ClN4O2S/c1-15(28-18-9-7-17(22)8-10-18)20(27)25-11-13-26(14-12-25)21-24-23-19(29-21)16-5-3-2-4-6-16/h7-10,15-16H,2-6,11-14H2,1H3. The molecule has 1 aromatic heterocycles. The summed E-state index contributed by atoms with van der Waals surface area (Å²) < 4.78 is 5.78. The molecule has 0 N–H and O–H groups in total. The maximum absolute atomic E-state index is 12.8. The third-order valence-electron chi connectivity index (χ3n) is 5.72. The molecular weight excluding hydrogens is 408 g/mol. The summed E-state index contributed by atoms with van der Waals surface area (Å²) in [5.74, 6) is 1.25. The van der Waals surface area contributed by atoms with Gasteiger partial charge in [0, 0.05) is 37.1 Å². The zero-order chi connectivity index (χ0) is 20.2. The van der Waals surface area contributed by atoms with Gasteiger partial charge in [-0.05, 0) is 44.0 Å². The van der Waals surface area contributed by atoms with Crippen molar-refractivity contribution in [2.75, 3.05) is 31.1 Å².